The monoisotopic (exact) mass is 276 g/mol. The Kier molecular flexibility index (Phi) is 5.51. The van der Waals surface area contributed by atoms with Gasteiger partial charge in [-0.05, 0) is 17.5 Å². The molecule has 0 aliphatic carbocycles. The first-order valence-corrected chi connectivity index (χ1v) is 7.41. The maximum atomic E-state index is 5.11. The quantitative estimate of drug-likeness (QED) is 0.840. The van der Waals surface area contributed by atoms with Gasteiger partial charge in [0.25, 0.3) is 0 Å². The van der Waals surface area contributed by atoms with E-state index in [0.717, 1.165) is 13.0 Å². The van der Waals surface area contributed by atoms with Crippen molar-refractivity contribution in [1.82, 2.24) is 10.3 Å². The van der Waals surface area contributed by atoms with Crippen LogP contribution in [0.25, 0.3) is 0 Å². The Bertz CT molecular complexity index is 467. The van der Waals surface area contributed by atoms with Gasteiger partial charge in [-0.3, -0.25) is 0 Å². The standard InChI is InChI=1S/C15H20N2OS/c1-3-14(15-16-8-9-19-15)17-10-12-4-6-13(7-5-12)11-18-2/h4-9,14,17H,3,10-11H2,1-2H3. The number of methoxy groups -OCH3 is 1. The first-order chi connectivity index (χ1) is 9.33. The molecule has 0 radical (unpaired) electrons. The van der Waals surface area contributed by atoms with Crippen LogP contribution in [0.2, 0.25) is 0 Å². The second kappa shape index (κ2) is 7.38. The summed E-state index contributed by atoms with van der Waals surface area (Å²) in [5.74, 6) is 0. The molecule has 1 atom stereocenters. The van der Waals surface area contributed by atoms with Gasteiger partial charge < -0.3 is 10.1 Å². The predicted octanol–water partition coefficient (Wildman–Crippen LogP) is 3.53. The number of nitrogens with zero attached hydrogens (tertiary/aromatic N) is 1. The van der Waals surface area contributed by atoms with E-state index >= 15 is 0 Å². The van der Waals surface area contributed by atoms with Crippen molar-refractivity contribution >= 4 is 11.3 Å². The molecule has 102 valence electrons. The highest BCUT2D eigenvalue weighted by atomic mass is 32.1. The highest BCUT2D eigenvalue weighted by molar-refractivity contribution is 7.09. The molecule has 0 saturated heterocycles. The summed E-state index contributed by atoms with van der Waals surface area (Å²) in [6.07, 6.45) is 2.92. The van der Waals surface area contributed by atoms with E-state index < -0.39 is 0 Å². The topological polar surface area (TPSA) is 34.1 Å². The minimum absolute atomic E-state index is 0.346. The van der Waals surface area contributed by atoms with Gasteiger partial charge in [-0.15, -0.1) is 11.3 Å². The van der Waals surface area contributed by atoms with Crippen molar-refractivity contribution in [2.24, 2.45) is 0 Å². The Labute approximate surface area is 118 Å². The van der Waals surface area contributed by atoms with Gasteiger partial charge >= 0.3 is 0 Å². The van der Waals surface area contributed by atoms with Crippen LogP contribution >= 0.6 is 11.3 Å². The van der Waals surface area contributed by atoms with Gasteiger partial charge in [-0.2, -0.15) is 0 Å². The smallest absolute Gasteiger partial charge is 0.109 e. The lowest BCUT2D eigenvalue weighted by Crippen LogP contribution is -2.20. The molecule has 1 aromatic carbocycles. The predicted molar refractivity (Wildman–Crippen MR) is 79.1 cm³/mol. The molecule has 0 aliphatic rings. The number of benzene rings is 1. The Morgan fingerprint density at radius 1 is 1.26 bits per heavy atom. The average Bonchev–Trinajstić information content (AvgIpc) is 2.96. The first-order valence-electron chi connectivity index (χ1n) is 6.53. The number of nitrogens with one attached hydrogen (secondary N) is 1. The Hall–Kier alpha value is -1.23. The van der Waals surface area contributed by atoms with E-state index in [0.29, 0.717) is 12.6 Å². The molecule has 19 heavy (non-hydrogen) atoms. The zero-order valence-corrected chi connectivity index (χ0v) is 12.2. The lowest BCUT2D eigenvalue weighted by molar-refractivity contribution is 0.185. The fraction of sp³-hybridized carbons (Fsp3) is 0.400. The SMILES string of the molecule is CCC(NCc1ccc(COC)cc1)c1nccs1. The number of ether oxygens (including phenoxy) is 1. The van der Waals surface area contributed by atoms with Crippen LogP contribution in [0.15, 0.2) is 35.8 Å². The molecule has 0 amide bonds. The van der Waals surface area contributed by atoms with E-state index in [1.54, 1.807) is 18.4 Å². The van der Waals surface area contributed by atoms with E-state index in [2.05, 4.69) is 41.5 Å². The molecule has 0 fully saturated rings. The number of aromatic nitrogens is 1. The number of hydrogen-bond acceptors (Lipinski definition) is 4. The van der Waals surface area contributed by atoms with Crippen molar-refractivity contribution in [1.29, 1.82) is 0 Å². The van der Waals surface area contributed by atoms with Crippen LogP contribution in [0.5, 0.6) is 0 Å². The second-order valence-electron chi connectivity index (χ2n) is 4.46. The number of rotatable bonds is 7. The molecule has 1 N–H and O–H groups in total. The van der Waals surface area contributed by atoms with Gasteiger partial charge in [0.15, 0.2) is 0 Å². The van der Waals surface area contributed by atoms with Crippen LogP contribution in [0.4, 0.5) is 0 Å². The molecule has 4 heteroatoms. The molecule has 1 aromatic heterocycles. The summed E-state index contributed by atoms with van der Waals surface area (Å²) in [4.78, 5) is 4.38. The van der Waals surface area contributed by atoms with Crippen molar-refractivity contribution in [2.75, 3.05) is 7.11 Å². The van der Waals surface area contributed by atoms with E-state index in [1.165, 1.54) is 16.1 Å². The fourth-order valence-corrected chi connectivity index (χ4v) is 2.77. The summed E-state index contributed by atoms with van der Waals surface area (Å²) in [7, 11) is 1.72. The molecular formula is C15H20N2OS. The number of hydrogen-bond donors (Lipinski definition) is 1. The van der Waals surface area contributed by atoms with Crippen molar-refractivity contribution in [3.05, 3.63) is 52.0 Å². The minimum atomic E-state index is 0.346. The van der Waals surface area contributed by atoms with Crippen molar-refractivity contribution in [3.63, 3.8) is 0 Å². The maximum Gasteiger partial charge on any atom is 0.109 e. The lowest BCUT2D eigenvalue weighted by Gasteiger charge is -2.14. The Morgan fingerprint density at radius 3 is 2.58 bits per heavy atom. The van der Waals surface area contributed by atoms with E-state index in [-0.39, 0.29) is 0 Å². The van der Waals surface area contributed by atoms with Gasteiger partial charge in [-0.1, -0.05) is 31.2 Å². The van der Waals surface area contributed by atoms with Gasteiger partial charge in [0.05, 0.1) is 12.6 Å². The summed E-state index contributed by atoms with van der Waals surface area (Å²) in [5.41, 5.74) is 2.49. The van der Waals surface area contributed by atoms with Crippen LogP contribution < -0.4 is 5.32 Å². The zero-order valence-electron chi connectivity index (χ0n) is 11.4. The van der Waals surface area contributed by atoms with Crippen LogP contribution in [0.1, 0.15) is 35.5 Å². The third-order valence-corrected chi connectivity index (χ3v) is 3.93. The van der Waals surface area contributed by atoms with Crippen LogP contribution in [-0.4, -0.2) is 12.1 Å². The summed E-state index contributed by atoms with van der Waals surface area (Å²) < 4.78 is 5.11. The third kappa shape index (κ3) is 4.13. The fourth-order valence-electron chi connectivity index (χ4n) is 1.97. The maximum absolute atomic E-state index is 5.11. The molecule has 2 aromatic rings. The van der Waals surface area contributed by atoms with Crippen molar-refractivity contribution in [3.8, 4) is 0 Å². The lowest BCUT2D eigenvalue weighted by atomic mass is 10.1. The molecule has 1 unspecified atom stereocenters. The average molecular weight is 276 g/mol. The molecule has 2 rings (SSSR count). The van der Waals surface area contributed by atoms with E-state index in [1.807, 2.05) is 11.6 Å². The molecule has 0 aliphatic heterocycles. The second-order valence-corrected chi connectivity index (χ2v) is 5.39. The highest BCUT2D eigenvalue weighted by Gasteiger charge is 2.10. The van der Waals surface area contributed by atoms with Gasteiger partial charge in [0.1, 0.15) is 5.01 Å². The van der Waals surface area contributed by atoms with Gasteiger partial charge in [0.2, 0.25) is 0 Å². The first kappa shape index (κ1) is 14.2. The van der Waals surface area contributed by atoms with E-state index in [9.17, 15) is 0 Å². The van der Waals surface area contributed by atoms with Crippen molar-refractivity contribution < 1.29 is 4.74 Å². The molecular weight excluding hydrogens is 256 g/mol. The highest BCUT2D eigenvalue weighted by Crippen LogP contribution is 2.19. The summed E-state index contributed by atoms with van der Waals surface area (Å²) in [6, 6.07) is 8.88. The molecule has 3 nitrogen and oxygen atoms in total. The minimum Gasteiger partial charge on any atom is -0.380 e. The third-order valence-electron chi connectivity index (χ3n) is 3.04. The molecule has 0 saturated carbocycles. The van der Waals surface area contributed by atoms with Gasteiger partial charge in [0, 0.05) is 25.2 Å². The van der Waals surface area contributed by atoms with Gasteiger partial charge in [-0.25, -0.2) is 4.98 Å². The normalized spacial score (nSPS) is 12.5. The largest absolute Gasteiger partial charge is 0.380 e. The zero-order chi connectivity index (χ0) is 13.5. The van der Waals surface area contributed by atoms with E-state index in [4.69, 9.17) is 4.74 Å². The Morgan fingerprint density at radius 2 is 2.00 bits per heavy atom. The summed E-state index contributed by atoms with van der Waals surface area (Å²) in [5, 5.41) is 6.75. The van der Waals surface area contributed by atoms with Crippen LogP contribution in [-0.2, 0) is 17.9 Å². The van der Waals surface area contributed by atoms with Crippen molar-refractivity contribution in [2.45, 2.75) is 32.5 Å². The Balaban J connectivity index is 1.90. The number of thiazole rings is 1. The summed E-state index contributed by atoms with van der Waals surface area (Å²) >= 11 is 1.71. The molecule has 0 bridgehead atoms. The molecule has 1 heterocycles. The molecule has 0 spiro atoms. The summed E-state index contributed by atoms with van der Waals surface area (Å²) in [6.45, 7) is 3.72. The van der Waals surface area contributed by atoms with Crippen LogP contribution in [0, 0.1) is 0 Å². The van der Waals surface area contributed by atoms with Crippen LogP contribution in [0.3, 0.4) is 0 Å².